The highest BCUT2D eigenvalue weighted by Gasteiger charge is 2.22. The highest BCUT2D eigenvalue weighted by atomic mass is 19.1. The van der Waals surface area contributed by atoms with Crippen LogP contribution in [-0.4, -0.2) is 33.1 Å². The van der Waals surface area contributed by atoms with Gasteiger partial charge in [0.1, 0.15) is 11.6 Å². The molecule has 2 amide bonds. The molecule has 0 spiro atoms. The lowest BCUT2D eigenvalue weighted by Crippen LogP contribution is -2.23. The Labute approximate surface area is 160 Å². The van der Waals surface area contributed by atoms with Crippen LogP contribution in [0, 0.1) is 12.7 Å². The molecule has 0 saturated carbocycles. The van der Waals surface area contributed by atoms with Crippen LogP contribution in [0.2, 0.25) is 0 Å². The van der Waals surface area contributed by atoms with E-state index < -0.39 is 5.91 Å². The largest absolute Gasteiger partial charge is 0.311 e. The number of hydrogen-bond acceptors (Lipinski definition) is 4. The molecule has 0 aliphatic carbocycles. The molecule has 1 fully saturated rings. The third-order valence-electron chi connectivity index (χ3n) is 4.57. The zero-order valence-electron chi connectivity index (χ0n) is 15.2. The van der Waals surface area contributed by atoms with E-state index in [9.17, 15) is 14.0 Å². The van der Waals surface area contributed by atoms with Crippen molar-refractivity contribution in [1.82, 2.24) is 14.8 Å². The molecule has 0 unspecified atom stereocenters. The Balaban J connectivity index is 1.49. The number of carbonyl (C=O) groups excluding carboxylic acids is 2. The number of nitrogens with one attached hydrogen (secondary N) is 1. The van der Waals surface area contributed by atoms with Gasteiger partial charge in [0, 0.05) is 18.7 Å². The zero-order valence-corrected chi connectivity index (χ0v) is 15.2. The summed E-state index contributed by atoms with van der Waals surface area (Å²) in [7, 11) is 0. The van der Waals surface area contributed by atoms with E-state index in [0.29, 0.717) is 24.5 Å². The van der Waals surface area contributed by atoms with Crippen molar-refractivity contribution in [2.45, 2.75) is 19.8 Å². The van der Waals surface area contributed by atoms with Crippen molar-refractivity contribution in [1.29, 1.82) is 0 Å². The van der Waals surface area contributed by atoms with Crippen LogP contribution in [0.5, 0.6) is 0 Å². The third kappa shape index (κ3) is 3.48. The van der Waals surface area contributed by atoms with E-state index in [1.165, 1.54) is 12.1 Å². The van der Waals surface area contributed by atoms with Gasteiger partial charge in [0.2, 0.25) is 5.91 Å². The summed E-state index contributed by atoms with van der Waals surface area (Å²) >= 11 is 0. The second-order valence-electron chi connectivity index (χ2n) is 6.56. The first-order valence-electron chi connectivity index (χ1n) is 8.91. The SMILES string of the molecule is Cc1cc(C(=O)Nc2ccc(N3CCCC3=O)cn2)nn1-c1ccc(F)cc1. The summed E-state index contributed by atoms with van der Waals surface area (Å²) < 4.78 is 14.7. The van der Waals surface area contributed by atoms with Crippen LogP contribution < -0.4 is 10.2 Å². The van der Waals surface area contributed by atoms with Crippen LogP contribution in [0.3, 0.4) is 0 Å². The molecule has 3 heterocycles. The Hall–Kier alpha value is -3.55. The van der Waals surface area contributed by atoms with Gasteiger partial charge in [-0.1, -0.05) is 0 Å². The van der Waals surface area contributed by atoms with Crippen LogP contribution in [0.15, 0.2) is 48.7 Å². The summed E-state index contributed by atoms with van der Waals surface area (Å²) in [6.45, 7) is 2.50. The fourth-order valence-electron chi connectivity index (χ4n) is 3.15. The molecular weight excluding hydrogens is 361 g/mol. The molecule has 1 aromatic carbocycles. The number of rotatable bonds is 4. The van der Waals surface area contributed by atoms with Gasteiger partial charge in [0.05, 0.1) is 17.6 Å². The topological polar surface area (TPSA) is 80.1 Å². The van der Waals surface area contributed by atoms with Crippen LogP contribution in [-0.2, 0) is 4.79 Å². The maximum absolute atomic E-state index is 13.1. The van der Waals surface area contributed by atoms with Crippen molar-refractivity contribution >= 4 is 23.3 Å². The molecule has 3 aromatic rings. The predicted octanol–water partition coefficient (Wildman–Crippen LogP) is 3.09. The number of carbonyl (C=O) groups is 2. The maximum atomic E-state index is 13.1. The summed E-state index contributed by atoms with van der Waals surface area (Å²) in [5.41, 5.74) is 2.35. The van der Waals surface area contributed by atoms with Gasteiger partial charge in [-0.25, -0.2) is 14.1 Å². The minimum absolute atomic E-state index is 0.0837. The number of anilines is 2. The summed E-state index contributed by atoms with van der Waals surface area (Å²) in [5.74, 6) is -0.284. The van der Waals surface area contributed by atoms with E-state index in [-0.39, 0.29) is 17.4 Å². The highest BCUT2D eigenvalue weighted by molar-refractivity contribution is 6.02. The highest BCUT2D eigenvalue weighted by Crippen LogP contribution is 2.21. The fraction of sp³-hybridized carbons (Fsp3) is 0.200. The Morgan fingerprint density at radius 1 is 1.14 bits per heavy atom. The number of aryl methyl sites for hydroxylation is 1. The summed E-state index contributed by atoms with van der Waals surface area (Å²) in [6.07, 6.45) is 2.96. The van der Waals surface area contributed by atoms with Crippen molar-refractivity contribution in [2.24, 2.45) is 0 Å². The van der Waals surface area contributed by atoms with E-state index >= 15 is 0 Å². The molecule has 8 heteroatoms. The van der Waals surface area contributed by atoms with Crippen molar-refractivity contribution < 1.29 is 14.0 Å². The monoisotopic (exact) mass is 379 g/mol. The Morgan fingerprint density at radius 3 is 2.54 bits per heavy atom. The lowest BCUT2D eigenvalue weighted by atomic mass is 10.3. The normalized spacial score (nSPS) is 13.8. The molecule has 4 rings (SSSR count). The Kier molecular flexibility index (Phi) is 4.60. The van der Waals surface area contributed by atoms with Gasteiger partial charge >= 0.3 is 0 Å². The van der Waals surface area contributed by atoms with Gasteiger partial charge in [0.15, 0.2) is 5.69 Å². The molecule has 0 bridgehead atoms. The molecule has 1 aliphatic heterocycles. The fourth-order valence-corrected chi connectivity index (χ4v) is 3.15. The number of benzene rings is 1. The number of hydrogen-bond donors (Lipinski definition) is 1. The first-order chi connectivity index (χ1) is 13.5. The van der Waals surface area contributed by atoms with Gasteiger partial charge in [-0.15, -0.1) is 0 Å². The number of halogens is 1. The smallest absolute Gasteiger partial charge is 0.277 e. The summed E-state index contributed by atoms with van der Waals surface area (Å²) in [5, 5.41) is 7.00. The van der Waals surface area contributed by atoms with Crippen molar-refractivity contribution in [3.8, 4) is 5.69 Å². The van der Waals surface area contributed by atoms with Crippen LogP contribution in [0.25, 0.3) is 5.69 Å². The molecule has 7 nitrogen and oxygen atoms in total. The van der Waals surface area contributed by atoms with Crippen LogP contribution >= 0.6 is 0 Å². The summed E-state index contributed by atoms with van der Waals surface area (Å²) in [4.78, 5) is 30.2. The zero-order chi connectivity index (χ0) is 19.7. The molecule has 0 atom stereocenters. The Morgan fingerprint density at radius 2 is 1.89 bits per heavy atom. The maximum Gasteiger partial charge on any atom is 0.277 e. The molecule has 142 valence electrons. The van der Waals surface area contributed by atoms with Crippen LogP contribution in [0.1, 0.15) is 29.0 Å². The first-order valence-corrected chi connectivity index (χ1v) is 8.91. The third-order valence-corrected chi connectivity index (χ3v) is 4.57. The minimum Gasteiger partial charge on any atom is -0.311 e. The van der Waals surface area contributed by atoms with Gasteiger partial charge in [0.25, 0.3) is 5.91 Å². The second kappa shape index (κ2) is 7.22. The lowest BCUT2D eigenvalue weighted by molar-refractivity contribution is -0.117. The number of amides is 2. The van der Waals surface area contributed by atoms with Gasteiger partial charge in [-0.05, 0) is 55.8 Å². The number of nitrogens with zero attached hydrogens (tertiary/aromatic N) is 4. The average molecular weight is 379 g/mol. The van der Waals surface area contributed by atoms with Crippen molar-refractivity contribution in [3.63, 3.8) is 0 Å². The molecule has 0 radical (unpaired) electrons. The quantitative estimate of drug-likeness (QED) is 0.755. The first kappa shape index (κ1) is 17.8. The van der Waals surface area contributed by atoms with E-state index in [2.05, 4.69) is 15.4 Å². The van der Waals surface area contributed by atoms with Crippen molar-refractivity contribution in [2.75, 3.05) is 16.8 Å². The number of pyridine rings is 1. The second-order valence-corrected chi connectivity index (χ2v) is 6.56. The lowest BCUT2D eigenvalue weighted by Gasteiger charge is -2.15. The van der Waals surface area contributed by atoms with E-state index in [1.54, 1.807) is 46.1 Å². The van der Waals surface area contributed by atoms with Gasteiger partial charge in [-0.2, -0.15) is 5.10 Å². The van der Waals surface area contributed by atoms with Crippen molar-refractivity contribution in [3.05, 3.63) is 65.9 Å². The minimum atomic E-state index is -0.401. The molecule has 1 saturated heterocycles. The molecule has 2 aromatic heterocycles. The van der Waals surface area contributed by atoms with E-state index in [0.717, 1.165) is 17.8 Å². The number of aromatic nitrogens is 3. The van der Waals surface area contributed by atoms with Crippen LogP contribution in [0.4, 0.5) is 15.9 Å². The molecule has 1 N–H and O–H groups in total. The molecular formula is C20H18FN5O2. The van der Waals surface area contributed by atoms with E-state index in [1.807, 2.05) is 6.92 Å². The standard InChI is InChI=1S/C20H18FN5O2/c1-13-11-17(24-26(13)15-6-4-14(21)5-7-15)20(28)23-18-9-8-16(12-22-18)25-10-2-3-19(25)27/h4-9,11-12H,2-3,10H2,1H3,(H,22,23,28). The average Bonchev–Trinajstić information content (AvgIpc) is 3.29. The Bertz CT molecular complexity index is 1030. The van der Waals surface area contributed by atoms with Gasteiger partial charge < -0.3 is 10.2 Å². The summed E-state index contributed by atoms with van der Waals surface area (Å²) in [6, 6.07) is 10.9. The van der Waals surface area contributed by atoms with Gasteiger partial charge in [-0.3, -0.25) is 9.59 Å². The molecule has 1 aliphatic rings. The van der Waals surface area contributed by atoms with E-state index in [4.69, 9.17) is 0 Å². The predicted molar refractivity (Wildman–Crippen MR) is 102 cm³/mol. The molecule has 28 heavy (non-hydrogen) atoms.